The number of nitrogens with one attached hydrogen (secondary N) is 1. The molecule has 2 bridgehead atoms. The maximum absolute atomic E-state index is 5.58. The highest BCUT2D eigenvalue weighted by Gasteiger charge is 2.41. The van der Waals surface area contributed by atoms with E-state index in [2.05, 4.69) is 21.3 Å². The number of furan rings is 1. The second-order valence-corrected chi connectivity index (χ2v) is 8.99. The molecule has 0 aromatic carbocycles. The Morgan fingerprint density at radius 1 is 1.18 bits per heavy atom. The fourth-order valence-electron chi connectivity index (χ4n) is 5.63. The molecule has 0 radical (unpaired) electrons. The Morgan fingerprint density at radius 3 is 2.82 bits per heavy atom. The van der Waals surface area contributed by atoms with Crippen LogP contribution in [0.4, 0.5) is 0 Å². The van der Waals surface area contributed by atoms with E-state index in [-0.39, 0.29) is 0 Å². The molecule has 6 rings (SSSR count). The van der Waals surface area contributed by atoms with Gasteiger partial charge in [-0.2, -0.15) is 0 Å². The van der Waals surface area contributed by atoms with Crippen LogP contribution >= 0.6 is 0 Å². The first kappa shape index (κ1) is 18.3. The van der Waals surface area contributed by atoms with Gasteiger partial charge in [-0.15, -0.1) is 0 Å². The monoisotopic (exact) mass is 380 g/mol. The molecule has 4 aliphatic rings. The third-order valence-corrected chi connectivity index (χ3v) is 7.14. The molecule has 4 fully saturated rings. The average molecular weight is 381 g/mol. The molecular weight excluding hydrogens is 348 g/mol. The van der Waals surface area contributed by atoms with Crippen molar-refractivity contribution in [2.45, 2.75) is 69.9 Å². The van der Waals surface area contributed by atoms with Crippen LogP contribution < -0.4 is 5.32 Å². The molecule has 2 aromatic rings. The summed E-state index contributed by atoms with van der Waals surface area (Å²) in [6, 6.07) is 7.52. The first-order valence-electron chi connectivity index (χ1n) is 11.1. The molecule has 28 heavy (non-hydrogen) atoms. The van der Waals surface area contributed by atoms with Gasteiger partial charge in [-0.05, 0) is 63.3 Å². The zero-order chi connectivity index (χ0) is 18.9. The van der Waals surface area contributed by atoms with Crippen molar-refractivity contribution in [2.24, 2.45) is 5.92 Å². The van der Waals surface area contributed by atoms with Crippen molar-refractivity contribution in [1.29, 1.82) is 0 Å². The van der Waals surface area contributed by atoms with Crippen molar-refractivity contribution in [1.82, 2.24) is 20.2 Å². The molecule has 3 aliphatic heterocycles. The number of hydrogen-bond acceptors (Lipinski definition) is 5. The van der Waals surface area contributed by atoms with Gasteiger partial charge in [-0.1, -0.05) is 19.3 Å². The fourth-order valence-corrected chi connectivity index (χ4v) is 5.63. The molecule has 0 spiro atoms. The SMILES string of the molecule is Cc1nc(-c2ccco2)cc(C2CN3CCC2CC3CNC2CCCCC2)n1. The summed E-state index contributed by atoms with van der Waals surface area (Å²) in [5.74, 6) is 2.94. The summed E-state index contributed by atoms with van der Waals surface area (Å²) in [7, 11) is 0. The van der Waals surface area contributed by atoms with E-state index in [1.807, 2.05) is 19.1 Å². The van der Waals surface area contributed by atoms with Gasteiger partial charge < -0.3 is 9.73 Å². The highest BCUT2D eigenvalue weighted by atomic mass is 16.3. The van der Waals surface area contributed by atoms with Crippen molar-refractivity contribution in [3.63, 3.8) is 0 Å². The predicted octanol–water partition coefficient (Wildman–Crippen LogP) is 4.15. The molecule has 2 aromatic heterocycles. The van der Waals surface area contributed by atoms with Gasteiger partial charge in [0.1, 0.15) is 11.5 Å². The zero-order valence-corrected chi connectivity index (χ0v) is 16.9. The van der Waals surface area contributed by atoms with Crippen LogP contribution in [0.15, 0.2) is 28.9 Å². The smallest absolute Gasteiger partial charge is 0.152 e. The minimum absolute atomic E-state index is 0.523. The first-order chi connectivity index (χ1) is 13.8. The summed E-state index contributed by atoms with van der Waals surface area (Å²) in [5, 5.41) is 3.89. The Bertz CT molecular complexity index is 784. The Morgan fingerprint density at radius 2 is 2.07 bits per heavy atom. The van der Waals surface area contributed by atoms with Crippen LogP contribution in [0.25, 0.3) is 11.5 Å². The maximum atomic E-state index is 5.58. The number of aromatic nitrogens is 2. The van der Waals surface area contributed by atoms with E-state index in [1.165, 1.54) is 57.2 Å². The predicted molar refractivity (Wildman–Crippen MR) is 110 cm³/mol. The second kappa shape index (κ2) is 7.96. The second-order valence-electron chi connectivity index (χ2n) is 8.99. The summed E-state index contributed by atoms with van der Waals surface area (Å²) in [6.45, 7) is 5.53. The molecule has 150 valence electrons. The topological polar surface area (TPSA) is 54.2 Å². The molecule has 3 saturated heterocycles. The number of nitrogens with zero attached hydrogens (tertiary/aromatic N) is 3. The highest BCUT2D eigenvalue weighted by molar-refractivity contribution is 5.52. The van der Waals surface area contributed by atoms with Gasteiger partial charge in [0.25, 0.3) is 0 Å². The molecule has 5 heteroatoms. The lowest BCUT2D eigenvalue weighted by Gasteiger charge is -2.50. The molecular formula is C23H32N4O. The number of fused-ring (bicyclic) bond motifs is 3. The third-order valence-electron chi connectivity index (χ3n) is 7.14. The van der Waals surface area contributed by atoms with Gasteiger partial charge in [0.05, 0.1) is 6.26 Å². The molecule has 0 amide bonds. The molecule has 5 nitrogen and oxygen atoms in total. The summed E-state index contributed by atoms with van der Waals surface area (Å²) >= 11 is 0. The Kier molecular flexibility index (Phi) is 5.20. The Hall–Kier alpha value is -1.72. The quantitative estimate of drug-likeness (QED) is 0.845. The summed E-state index contributed by atoms with van der Waals surface area (Å²) in [5.41, 5.74) is 2.12. The number of hydrogen-bond donors (Lipinski definition) is 1. The van der Waals surface area contributed by atoms with Crippen LogP contribution in [0, 0.1) is 12.8 Å². The van der Waals surface area contributed by atoms with E-state index in [9.17, 15) is 0 Å². The van der Waals surface area contributed by atoms with E-state index in [0.29, 0.717) is 12.0 Å². The maximum Gasteiger partial charge on any atom is 0.152 e. The van der Waals surface area contributed by atoms with Crippen molar-refractivity contribution in [2.75, 3.05) is 19.6 Å². The van der Waals surface area contributed by atoms with Crippen LogP contribution in [0.5, 0.6) is 0 Å². The molecule has 1 saturated carbocycles. The van der Waals surface area contributed by atoms with Gasteiger partial charge in [0.15, 0.2) is 5.76 Å². The van der Waals surface area contributed by atoms with Crippen LogP contribution in [-0.2, 0) is 0 Å². The molecule has 4 unspecified atom stereocenters. The molecule has 5 heterocycles. The lowest BCUT2D eigenvalue weighted by atomic mass is 9.74. The largest absolute Gasteiger partial charge is 0.463 e. The lowest BCUT2D eigenvalue weighted by molar-refractivity contribution is 0.0275. The van der Waals surface area contributed by atoms with E-state index >= 15 is 0 Å². The summed E-state index contributed by atoms with van der Waals surface area (Å²) < 4.78 is 5.58. The first-order valence-corrected chi connectivity index (χ1v) is 11.1. The lowest BCUT2D eigenvalue weighted by Crippen LogP contribution is -2.56. The van der Waals surface area contributed by atoms with Crippen molar-refractivity contribution >= 4 is 0 Å². The molecule has 1 aliphatic carbocycles. The van der Waals surface area contributed by atoms with Gasteiger partial charge in [-0.3, -0.25) is 4.90 Å². The van der Waals surface area contributed by atoms with Gasteiger partial charge >= 0.3 is 0 Å². The number of aryl methyl sites for hydroxylation is 1. The normalized spacial score (nSPS) is 30.6. The average Bonchev–Trinajstić information content (AvgIpc) is 3.28. The summed E-state index contributed by atoms with van der Waals surface area (Å²) in [6.07, 6.45) is 11.3. The Balaban J connectivity index is 1.27. The van der Waals surface area contributed by atoms with E-state index in [1.54, 1.807) is 6.26 Å². The minimum Gasteiger partial charge on any atom is -0.463 e. The van der Waals surface area contributed by atoms with Crippen LogP contribution in [0.3, 0.4) is 0 Å². The van der Waals surface area contributed by atoms with Crippen molar-refractivity contribution in [3.8, 4) is 11.5 Å². The number of piperidine rings is 3. The van der Waals surface area contributed by atoms with Gasteiger partial charge in [0, 0.05) is 36.8 Å². The van der Waals surface area contributed by atoms with E-state index in [0.717, 1.165) is 42.3 Å². The van der Waals surface area contributed by atoms with Crippen LogP contribution in [0.2, 0.25) is 0 Å². The third kappa shape index (κ3) is 3.74. The number of rotatable bonds is 5. The highest BCUT2D eigenvalue weighted by Crippen LogP contribution is 2.41. The zero-order valence-electron chi connectivity index (χ0n) is 16.9. The van der Waals surface area contributed by atoms with Crippen LogP contribution in [0.1, 0.15) is 62.4 Å². The van der Waals surface area contributed by atoms with E-state index < -0.39 is 0 Å². The van der Waals surface area contributed by atoms with Crippen molar-refractivity contribution in [3.05, 3.63) is 36.0 Å². The van der Waals surface area contributed by atoms with E-state index in [4.69, 9.17) is 9.40 Å². The Labute approximate surface area is 167 Å². The van der Waals surface area contributed by atoms with Gasteiger partial charge in [0.2, 0.25) is 0 Å². The standard InChI is InChI=1S/C23H32N4O/c1-16-25-21(13-22(26-16)23-8-5-11-28-23)20-15-27-10-9-17(20)12-19(27)14-24-18-6-3-2-4-7-18/h5,8,11,13,17-20,24H,2-4,6-7,9-10,12,14-15H2,1H3. The minimum atomic E-state index is 0.523. The van der Waals surface area contributed by atoms with Crippen LogP contribution in [-0.4, -0.2) is 46.6 Å². The fraction of sp³-hybridized carbons (Fsp3) is 0.652. The summed E-state index contributed by atoms with van der Waals surface area (Å²) in [4.78, 5) is 12.1. The van der Waals surface area contributed by atoms with Crippen molar-refractivity contribution < 1.29 is 4.42 Å². The molecule has 4 atom stereocenters. The van der Waals surface area contributed by atoms with Gasteiger partial charge in [-0.25, -0.2) is 9.97 Å². The molecule has 1 N–H and O–H groups in total.